The van der Waals surface area contributed by atoms with Crippen molar-refractivity contribution >= 4 is 5.91 Å². The van der Waals surface area contributed by atoms with Gasteiger partial charge in [-0.1, -0.05) is 19.1 Å². The summed E-state index contributed by atoms with van der Waals surface area (Å²) < 4.78 is 5.19. The lowest BCUT2D eigenvalue weighted by Crippen LogP contribution is -2.46. The van der Waals surface area contributed by atoms with Crippen molar-refractivity contribution in [2.75, 3.05) is 13.7 Å². The molecule has 1 saturated carbocycles. The van der Waals surface area contributed by atoms with E-state index >= 15 is 0 Å². The maximum Gasteiger partial charge on any atom is 0.240 e. The normalized spacial score (nSPS) is 24.9. The molecule has 1 aromatic rings. The zero-order valence-electron chi connectivity index (χ0n) is 12.8. The molecule has 114 valence electrons. The highest BCUT2D eigenvalue weighted by atomic mass is 16.5. The number of amides is 1. The molecule has 0 bridgehead atoms. The average molecular weight is 288 g/mol. The van der Waals surface area contributed by atoms with Crippen LogP contribution >= 0.6 is 0 Å². The molecule has 1 N–H and O–H groups in total. The van der Waals surface area contributed by atoms with E-state index in [1.54, 1.807) is 7.11 Å². The van der Waals surface area contributed by atoms with Crippen molar-refractivity contribution in [3.63, 3.8) is 0 Å². The van der Waals surface area contributed by atoms with Crippen LogP contribution in [-0.2, 0) is 11.3 Å². The highest BCUT2D eigenvalue weighted by Gasteiger charge is 2.39. The third-order valence-electron chi connectivity index (χ3n) is 4.58. The topological polar surface area (TPSA) is 41.6 Å². The van der Waals surface area contributed by atoms with Gasteiger partial charge in [0.25, 0.3) is 0 Å². The Labute approximate surface area is 126 Å². The Kier molecular flexibility index (Phi) is 4.15. The Bertz CT molecular complexity index is 496. The summed E-state index contributed by atoms with van der Waals surface area (Å²) in [6.07, 6.45) is 3.38. The fourth-order valence-electron chi connectivity index (χ4n) is 3.04. The molecule has 4 heteroatoms. The first-order chi connectivity index (χ1) is 10.2. The molecular formula is C17H24N2O2. The Hall–Kier alpha value is -1.55. The van der Waals surface area contributed by atoms with Gasteiger partial charge < -0.3 is 15.0 Å². The summed E-state index contributed by atoms with van der Waals surface area (Å²) in [5, 5.41) is 3.36. The number of ether oxygens (including phenoxy) is 1. The molecule has 1 aliphatic carbocycles. The highest BCUT2D eigenvalue weighted by molar-refractivity contribution is 5.83. The highest BCUT2D eigenvalue weighted by Crippen LogP contribution is 2.31. The van der Waals surface area contributed by atoms with Crippen molar-refractivity contribution in [1.29, 1.82) is 0 Å². The Morgan fingerprint density at radius 1 is 1.29 bits per heavy atom. The van der Waals surface area contributed by atoms with Gasteiger partial charge in [-0.15, -0.1) is 0 Å². The minimum absolute atomic E-state index is 0.00356. The largest absolute Gasteiger partial charge is 0.497 e. The molecule has 1 saturated heterocycles. The van der Waals surface area contributed by atoms with Gasteiger partial charge in [0, 0.05) is 12.6 Å². The molecule has 2 atom stereocenters. The number of benzene rings is 1. The van der Waals surface area contributed by atoms with Gasteiger partial charge >= 0.3 is 0 Å². The molecule has 2 unspecified atom stereocenters. The van der Waals surface area contributed by atoms with E-state index in [2.05, 4.69) is 17.1 Å². The molecule has 2 aliphatic rings. The van der Waals surface area contributed by atoms with Gasteiger partial charge in [0.15, 0.2) is 0 Å². The first-order valence-corrected chi connectivity index (χ1v) is 7.86. The average Bonchev–Trinajstić information content (AvgIpc) is 3.26. The number of hydrogen-bond donors (Lipinski definition) is 1. The van der Waals surface area contributed by atoms with Gasteiger partial charge in [-0.05, 0) is 49.4 Å². The fourth-order valence-corrected chi connectivity index (χ4v) is 3.04. The molecule has 4 nitrogen and oxygen atoms in total. The number of carbonyl (C=O) groups is 1. The molecule has 0 radical (unpaired) electrons. The molecule has 0 aromatic heterocycles. The lowest BCUT2D eigenvalue weighted by atomic mass is 10.0. The van der Waals surface area contributed by atoms with Crippen LogP contribution in [0.1, 0.15) is 31.7 Å². The van der Waals surface area contributed by atoms with Gasteiger partial charge in [-0.2, -0.15) is 0 Å². The van der Waals surface area contributed by atoms with E-state index in [1.165, 1.54) is 5.56 Å². The van der Waals surface area contributed by atoms with Crippen LogP contribution in [0.15, 0.2) is 24.3 Å². The standard InChI is InChI=1S/C17H24N2O2/c1-12-9-10-18-16(12)17(20)19(14-5-6-14)11-13-3-7-15(21-2)8-4-13/h3-4,7-8,12,14,16,18H,5-6,9-11H2,1-2H3. The van der Waals surface area contributed by atoms with Crippen LogP contribution in [0.5, 0.6) is 5.75 Å². The number of rotatable bonds is 5. The van der Waals surface area contributed by atoms with E-state index < -0.39 is 0 Å². The van der Waals surface area contributed by atoms with Crippen LogP contribution in [0.3, 0.4) is 0 Å². The third-order valence-corrected chi connectivity index (χ3v) is 4.58. The smallest absolute Gasteiger partial charge is 0.240 e. The van der Waals surface area contributed by atoms with Gasteiger partial charge in [0.1, 0.15) is 5.75 Å². The summed E-state index contributed by atoms with van der Waals surface area (Å²) in [5.41, 5.74) is 1.17. The van der Waals surface area contributed by atoms with Crippen LogP contribution < -0.4 is 10.1 Å². The first kappa shape index (κ1) is 14.4. The SMILES string of the molecule is COc1ccc(CN(C(=O)C2NCCC2C)C2CC2)cc1. The maximum absolute atomic E-state index is 12.8. The molecule has 2 fully saturated rings. The maximum atomic E-state index is 12.8. The van der Waals surface area contributed by atoms with E-state index in [0.717, 1.165) is 31.6 Å². The zero-order valence-corrected chi connectivity index (χ0v) is 12.8. The third kappa shape index (κ3) is 3.21. The predicted octanol–water partition coefficient (Wildman–Crippen LogP) is 2.18. The van der Waals surface area contributed by atoms with Crippen LogP contribution in [0.2, 0.25) is 0 Å². The number of carbonyl (C=O) groups excluding carboxylic acids is 1. The minimum Gasteiger partial charge on any atom is -0.497 e. The second-order valence-electron chi connectivity index (χ2n) is 6.24. The fraction of sp³-hybridized carbons (Fsp3) is 0.588. The predicted molar refractivity (Wildman–Crippen MR) is 82.1 cm³/mol. The van der Waals surface area contributed by atoms with E-state index in [-0.39, 0.29) is 11.9 Å². The zero-order chi connectivity index (χ0) is 14.8. The van der Waals surface area contributed by atoms with Gasteiger partial charge in [0.2, 0.25) is 5.91 Å². The monoisotopic (exact) mass is 288 g/mol. The Balaban J connectivity index is 1.70. The minimum atomic E-state index is 0.00356. The number of hydrogen-bond acceptors (Lipinski definition) is 3. The lowest BCUT2D eigenvalue weighted by Gasteiger charge is -2.27. The molecular weight excluding hydrogens is 264 g/mol. The van der Waals surface area contributed by atoms with Crippen LogP contribution in [0, 0.1) is 5.92 Å². The van der Waals surface area contributed by atoms with Crippen molar-refractivity contribution in [3.8, 4) is 5.75 Å². The summed E-state index contributed by atoms with van der Waals surface area (Å²) >= 11 is 0. The van der Waals surface area contributed by atoms with Crippen molar-refractivity contribution in [3.05, 3.63) is 29.8 Å². The van der Waals surface area contributed by atoms with E-state index in [1.807, 2.05) is 24.3 Å². The summed E-state index contributed by atoms with van der Waals surface area (Å²) in [5.74, 6) is 1.57. The summed E-state index contributed by atoms with van der Waals surface area (Å²) in [6, 6.07) is 8.46. The number of nitrogens with zero attached hydrogens (tertiary/aromatic N) is 1. The molecule has 1 aromatic carbocycles. The number of methoxy groups -OCH3 is 1. The van der Waals surface area contributed by atoms with Gasteiger partial charge in [0.05, 0.1) is 13.2 Å². The Morgan fingerprint density at radius 3 is 2.52 bits per heavy atom. The van der Waals surface area contributed by atoms with Crippen molar-refractivity contribution < 1.29 is 9.53 Å². The molecule has 0 spiro atoms. The van der Waals surface area contributed by atoms with E-state index in [9.17, 15) is 4.79 Å². The van der Waals surface area contributed by atoms with Crippen molar-refractivity contribution in [2.45, 2.75) is 44.8 Å². The second kappa shape index (κ2) is 6.06. The van der Waals surface area contributed by atoms with E-state index in [4.69, 9.17) is 4.74 Å². The van der Waals surface area contributed by atoms with Crippen LogP contribution in [-0.4, -0.2) is 36.5 Å². The van der Waals surface area contributed by atoms with Gasteiger partial charge in [-0.25, -0.2) is 0 Å². The molecule has 21 heavy (non-hydrogen) atoms. The first-order valence-electron chi connectivity index (χ1n) is 7.86. The number of nitrogens with one attached hydrogen (secondary N) is 1. The Morgan fingerprint density at radius 2 is 2.00 bits per heavy atom. The summed E-state index contributed by atoms with van der Waals surface area (Å²) in [4.78, 5) is 14.9. The molecule has 1 aliphatic heterocycles. The second-order valence-corrected chi connectivity index (χ2v) is 6.24. The van der Waals surface area contributed by atoms with Crippen LogP contribution in [0.25, 0.3) is 0 Å². The summed E-state index contributed by atoms with van der Waals surface area (Å²) in [6.45, 7) is 3.83. The molecule has 1 heterocycles. The summed E-state index contributed by atoms with van der Waals surface area (Å²) in [7, 11) is 1.67. The lowest BCUT2D eigenvalue weighted by molar-refractivity contribution is -0.135. The van der Waals surface area contributed by atoms with Gasteiger partial charge in [-0.3, -0.25) is 4.79 Å². The molecule has 3 rings (SSSR count). The van der Waals surface area contributed by atoms with E-state index in [0.29, 0.717) is 18.5 Å². The molecule has 1 amide bonds. The quantitative estimate of drug-likeness (QED) is 0.903. The van der Waals surface area contributed by atoms with Crippen LogP contribution in [0.4, 0.5) is 0 Å². The van der Waals surface area contributed by atoms with Crippen molar-refractivity contribution in [1.82, 2.24) is 10.2 Å². The van der Waals surface area contributed by atoms with Crippen molar-refractivity contribution in [2.24, 2.45) is 5.92 Å².